The van der Waals surface area contributed by atoms with Crippen LogP contribution in [0.2, 0.25) is 0 Å². The predicted molar refractivity (Wildman–Crippen MR) is 89.8 cm³/mol. The number of hydrogen-bond donors (Lipinski definition) is 3. The molecule has 132 valence electrons. The Hall–Kier alpha value is -0.120. The number of aliphatic hydroxyl groups is 3. The van der Waals surface area contributed by atoms with Crippen LogP contribution in [0.1, 0.15) is 71.6 Å². The largest absolute Gasteiger partial charge is 0.393 e. The molecule has 4 fully saturated rings. The van der Waals surface area contributed by atoms with Crippen molar-refractivity contribution in [3.05, 3.63) is 0 Å². The molecule has 0 aromatic heterocycles. The molecule has 23 heavy (non-hydrogen) atoms. The maximum atomic E-state index is 11.0. The van der Waals surface area contributed by atoms with E-state index in [1.54, 1.807) is 0 Å². The first-order valence-electron chi connectivity index (χ1n) is 9.85. The number of rotatable bonds is 1. The van der Waals surface area contributed by atoms with Gasteiger partial charge in [-0.1, -0.05) is 13.8 Å². The van der Waals surface area contributed by atoms with Gasteiger partial charge in [-0.25, -0.2) is 0 Å². The van der Waals surface area contributed by atoms with E-state index in [4.69, 9.17) is 0 Å². The van der Waals surface area contributed by atoms with Gasteiger partial charge < -0.3 is 15.3 Å². The fourth-order valence-corrected chi connectivity index (χ4v) is 7.61. The third kappa shape index (κ3) is 2.05. The second-order valence-electron chi connectivity index (χ2n) is 9.77. The van der Waals surface area contributed by atoms with Gasteiger partial charge in [-0.05, 0) is 86.9 Å². The van der Waals surface area contributed by atoms with Crippen molar-refractivity contribution < 1.29 is 15.3 Å². The highest BCUT2D eigenvalue weighted by molar-refractivity contribution is 5.13. The van der Waals surface area contributed by atoms with Crippen molar-refractivity contribution in [3.8, 4) is 0 Å². The Morgan fingerprint density at radius 1 is 0.913 bits per heavy atom. The number of fused-ring (bicyclic) bond motifs is 5. The molecule has 0 aromatic carbocycles. The lowest BCUT2D eigenvalue weighted by Gasteiger charge is -2.61. The van der Waals surface area contributed by atoms with Crippen molar-refractivity contribution in [2.45, 2.75) is 83.3 Å². The Bertz CT molecular complexity index is 480. The zero-order valence-corrected chi connectivity index (χ0v) is 14.8. The van der Waals surface area contributed by atoms with E-state index in [1.807, 2.05) is 0 Å². The van der Waals surface area contributed by atoms with E-state index in [-0.39, 0.29) is 18.1 Å². The summed E-state index contributed by atoms with van der Waals surface area (Å²) in [5, 5.41) is 30.9. The van der Waals surface area contributed by atoms with Gasteiger partial charge in [0.15, 0.2) is 0 Å². The lowest BCUT2D eigenvalue weighted by Crippen LogP contribution is -2.57. The van der Waals surface area contributed by atoms with Crippen LogP contribution in [0.5, 0.6) is 0 Å². The van der Waals surface area contributed by atoms with Gasteiger partial charge in [0.05, 0.1) is 18.3 Å². The van der Waals surface area contributed by atoms with Gasteiger partial charge in [-0.2, -0.15) is 0 Å². The van der Waals surface area contributed by atoms with Gasteiger partial charge in [-0.3, -0.25) is 0 Å². The minimum absolute atomic E-state index is 0.0792. The molecule has 0 spiro atoms. The SMILES string of the molecule is C[C@]12CCC3C(CC[C@H]4C[C@H](O)CC[C@]34C)C1CC[C@@]2(O)CO. The summed E-state index contributed by atoms with van der Waals surface area (Å²) < 4.78 is 0. The van der Waals surface area contributed by atoms with Crippen LogP contribution in [-0.2, 0) is 0 Å². The Balaban J connectivity index is 1.63. The first kappa shape index (κ1) is 16.4. The van der Waals surface area contributed by atoms with Crippen LogP contribution in [0.25, 0.3) is 0 Å². The minimum atomic E-state index is -0.858. The average molecular weight is 322 g/mol. The van der Waals surface area contributed by atoms with Crippen molar-refractivity contribution in [2.75, 3.05) is 6.61 Å². The van der Waals surface area contributed by atoms with Crippen LogP contribution in [0.3, 0.4) is 0 Å². The maximum absolute atomic E-state index is 11.0. The third-order valence-electron chi connectivity index (χ3n) is 9.22. The van der Waals surface area contributed by atoms with Crippen molar-refractivity contribution in [1.29, 1.82) is 0 Å². The fraction of sp³-hybridized carbons (Fsp3) is 1.00. The van der Waals surface area contributed by atoms with Crippen molar-refractivity contribution >= 4 is 0 Å². The number of hydrogen-bond acceptors (Lipinski definition) is 3. The third-order valence-corrected chi connectivity index (χ3v) is 9.22. The highest BCUT2D eigenvalue weighted by Crippen LogP contribution is 2.68. The molecule has 3 N–H and O–H groups in total. The van der Waals surface area contributed by atoms with E-state index >= 15 is 0 Å². The lowest BCUT2D eigenvalue weighted by molar-refractivity contribution is -0.168. The molecule has 4 aliphatic rings. The van der Waals surface area contributed by atoms with Crippen molar-refractivity contribution in [3.63, 3.8) is 0 Å². The highest BCUT2D eigenvalue weighted by atomic mass is 16.3. The van der Waals surface area contributed by atoms with E-state index in [0.717, 1.165) is 38.0 Å². The molecule has 0 aromatic rings. The summed E-state index contributed by atoms with van der Waals surface area (Å²) in [5.41, 5.74) is -0.563. The summed E-state index contributed by atoms with van der Waals surface area (Å²) in [4.78, 5) is 0. The monoisotopic (exact) mass is 322 g/mol. The molecule has 0 amide bonds. The Morgan fingerprint density at radius 2 is 1.65 bits per heavy atom. The molecular formula is C20H34O3. The second kappa shape index (κ2) is 5.19. The van der Waals surface area contributed by atoms with Crippen LogP contribution in [0.4, 0.5) is 0 Å². The van der Waals surface area contributed by atoms with Crippen LogP contribution in [0.15, 0.2) is 0 Å². The molecule has 3 unspecified atom stereocenters. The van der Waals surface area contributed by atoms with Gasteiger partial charge in [0.1, 0.15) is 0 Å². The van der Waals surface area contributed by atoms with E-state index < -0.39 is 5.60 Å². The first-order valence-corrected chi connectivity index (χ1v) is 9.85. The predicted octanol–water partition coefficient (Wildman–Crippen LogP) is 3.11. The lowest BCUT2D eigenvalue weighted by atomic mass is 9.44. The molecule has 8 atom stereocenters. The molecule has 0 radical (unpaired) electrons. The van der Waals surface area contributed by atoms with E-state index in [1.165, 1.54) is 25.7 Å². The van der Waals surface area contributed by atoms with Gasteiger partial charge in [0.25, 0.3) is 0 Å². The molecule has 3 nitrogen and oxygen atoms in total. The minimum Gasteiger partial charge on any atom is -0.393 e. The van der Waals surface area contributed by atoms with Gasteiger partial charge >= 0.3 is 0 Å². The summed E-state index contributed by atoms with van der Waals surface area (Å²) in [6, 6.07) is 0. The smallest absolute Gasteiger partial charge is 0.0933 e. The molecule has 0 aliphatic heterocycles. The first-order chi connectivity index (χ1) is 10.8. The maximum Gasteiger partial charge on any atom is 0.0933 e. The summed E-state index contributed by atoms with van der Waals surface area (Å²) >= 11 is 0. The van der Waals surface area contributed by atoms with Gasteiger partial charge in [-0.15, -0.1) is 0 Å². The molecule has 0 saturated heterocycles. The number of aliphatic hydroxyl groups excluding tert-OH is 2. The molecule has 0 heterocycles. The van der Waals surface area contributed by atoms with E-state index in [2.05, 4.69) is 13.8 Å². The summed E-state index contributed by atoms with van der Waals surface area (Å²) in [6.07, 6.45) is 9.69. The highest BCUT2D eigenvalue weighted by Gasteiger charge is 2.64. The van der Waals surface area contributed by atoms with Gasteiger partial charge in [0, 0.05) is 5.41 Å². The summed E-state index contributed by atoms with van der Waals surface area (Å²) in [5.74, 6) is 2.73. The molecule has 3 heteroatoms. The molecule has 0 bridgehead atoms. The summed E-state index contributed by atoms with van der Waals surface area (Å²) in [7, 11) is 0. The topological polar surface area (TPSA) is 60.7 Å². The molecule has 4 saturated carbocycles. The zero-order chi connectivity index (χ0) is 16.5. The Labute approximate surface area is 140 Å². The van der Waals surface area contributed by atoms with Crippen molar-refractivity contribution in [1.82, 2.24) is 0 Å². The Morgan fingerprint density at radius 3 is 2.39 bits per heavy atom. The standard InChI is InChI=1S/C20H34O3/c1-18-8-5-14(22)11-13(18)3-4-15-16(18)6-9-19(2)17(15)7-10-20(19,23)12-21/h13-17,21-23H,3-12H2,1-2H3/t13-,14+,15?,16?,17?,18-,19-,20+/m0/s1. The zero-order valence-electron chi connectivity index (χ0n) is 14.8. The van der Waals surface area contributed by atoms with Crippen LogP contribution < -0.4 is 0 Å². The van der Waals surface area contributed by atoms with Crippen LogP contribution >= 0.6 is 0 Å². The Kier molecular flexibility index (Phi) is 3.69. The van der Waals surface area contributed by atoms with Crippen LogP contribution in [0, 0.1) is 34.5 Å². The van der Waals surface area contributed by atoms with E-state index in [9.17, 15) is 15.3 Å². The summed E-state index contributed by atoms with van der Waals surface area (Å²) in [6.45, 7) is 4.66. The molecule has 4 rings (SSSR count). The van der Waals surface area contributed by atoms with Crippen LogP contribution in [-0.4, -0.2) is 33.6 Å². The normalized spacial score (nSPS) is 59.1. The van der Waals surface area contributed by atoms with Gasteiger partial charge in [0.2, 0.25) is 0 Å². The fourth-order valence-electron chi connectivity index (χ4n) is 7.61. The molecular weight excluding hydrogens is 288 g/mol. The second-order valence-corrected chi connectivity index (χ2v) is 9.77. The quantitative estimate of drug-likeness (QED) is 0.695. The average Bonchev–Trinajstić information content (AvgIpc) is 2.80. The molecule has 4 aliphatic carbocycles. The van der Waals surface area contributed by atoms with E-state index in [0.29, 0.717) is 23.2 Å². The van der Waals surface area contributed by atoms with Crippen molar-refractivity contribution in [2.24, 2.45) is 34.5 Å².